The molecule has 27 heavy (non-hydrogen) atoms. The second-order valence-corrected chi connectivity index (χ2v) is 7.70. The van der Waals surface area contributed by atoms with Gasteiger partial charge in [0, 0.05) is 10.7 Å². The fourth-order valence-electron chi connectivity index (χ4n) is 2.52. The molecule has 6 nitrogen and oxygen atoms in total. The molecule has 0 aliphatic heterocycles. The maximum atomic E-state index is 12.5. The van der Waals surface area contributed by atoms with Crippen LogP contribution in [0.2, 0.25) is 0 Å². The summed E-state index contributed by atoms with van der Waals surface area (Å²) < 4.78 is 27.7. The van der Waals surface area contributed by atoms with Crippen LogP contribution < -0.4 is 0 Å². The van der Waals surface area contributed by atoms with E-state index in [0.717, 1.165) is 27.2 Å². The molecule has 0 N–H and O–H groups in total. The molecule has 0 aliphatic rings. The molecule has 0 aliphatic carbocycles. The number of nitrogens with zero attached hydrogens (tertiary/aromatic N) is 6. The summed E-state index contributed by atoms with van der Waals surface area (Å²) in [7, 11) is 0. The fraction of sp³-hybridized carbons (Fsp3) is 0.529. The normalized spacial score (nSPS) is 11.3. The maximum Gasteiger partial charge on any atom is 0.291 e. The van der Waals surface area contributed by atoms with Gasteiger partial charge in [-0.1, -0.05) is 32.1 Å². The van der Waals surface area contributed by atoms with E-state index in [9.17, 15) is 8.78 Å². The molecular formula is C17H23BrF2N6S. The third-order valence-corrected chi connectivity index (χ3v) is 5.42. The van der Waals surface area contributed by atoms with Crippen molar-refractivity contribution >= 4 is 38.4 Å². The predicted molar refractivity (Wildman–Crippen MR) is 107 cm³/mol. The highest BCUT2D eigenvalue weighted by molar-refractivity contribution is 9.10. The minimum absolute atomic E-state index is 0.263. The second kappa shape index (κ2) is 10.1. The number of hydrogen-bond donors (Lipinski definition) is 0. The molecule has 0 saturated heterocycles. The highest BCUT2D eigenvalue weighted by Crippen LogP contribution is 2.25. The number of imidazole rings is 1. The van der Waals surface area contributed by atoms with Crippen LogP contribution in [-0.2, 0) is 6.54 Å². The molecule has 0 spiro atoms. The molecule has 0 radical (unpaired) electrons. The van der Waals surface area contributed by atoms with Crippen LogP contribution in [0.4, 0.5) is 8.78 Å². The third kappa shape index (κ3) is 5.73. The summed E-state index contributed by atoms with van der Waals surface area (Å²) in [5, 5.41) is 7.53. The number of fused-ring (bicyclic) bond motifs is 1. The first-order valence-electron chi connectivity index (χ1n) is 8.70. The lowest BCUT2D eigenvalue weighted by atomic mass is 10.4. The van der Waals surface area contributed by atoms with Gasteiger partial charge in [-0.2, -0.15) is 0 Å². The molecule has 3 heterocycles. The lowest BCUT2D eigenvalue weighted by Gasteiger charge is -2.13. The van der Waals surface area contributed by atoms with Crippen LogP contribution in [0.1, 0.15) is 43.0 Å². The minimum atomic E-state index is -2.59. The summed E-state index contributed by atoms with van der Waals surface area (Å²) in [5.74, 6) is 0.749. The molecule has 0 saturated carbocycles. The van der Waals surface area contributed by atoms with Crippen LogP contribution in [-0.4, -0.2) is 49.3 Å². The standard InChI is InChI=1S/C11H8BrF2N5S.C6H15N/c1-5-16-10-7(2-6(12)3-15-10)19(5)4-8-17-18-11(20-8)9(13)14;1-4-7(5-2)6-3/h2-3,9H,4H2,1H3;4-6H2,1-3H3. The molecule has 3 rings (SSSR count). The molecular weight excluding hydrogens is 438 g/mol. The van der Waals surface area contributed by atoms with Crippen molar-refractivity contribution in [1.29, 1.82) is 0 Å². The van der Waals surface area contributed by atoms with Gasteiger partial charge in [0.05, 0.1) is 12.1 Å². The van der Waals surface area contributed by atoms with E-state index in [2.05, 4.69) is 61.8 Å². The Morgan fingerprint density at radius 2 is 1.85 bits per heavy atom. The summed E-state index contributed by atoms with van der Waals surface area (Å²) in [6, 6.07) is 1.89. The van der Waals surface area contributed by atoms with Gasteiger partial charge in [0.1, 0.15) is 10.8 Å². The SMILES string of the molecule is CCN(CC)CC.Cc1nc2ncc(Br)cc2n1Cc1nnc(C(F)F)s1. The number of aryl methyl sites for hydroxylation is 1. The Hall–Kier alpha value is -1.52. The predicted octanol–water partition coefficient (Wildman–Crippen LogP) is 4.69. The van der Waals surface area contributed by atoms with E-state index >= 15 is 0 Å². The maximum absolute atomic E-state index is 12.5. The molecule has 0 fully saturated rings. The Bertz CT molecular complexity index is 857. The Morgan fingerprint density at radius 3 is 2.37 bits per heavy atom. The quantitative estimate of drug-likeness (QED) is 0.533. The number of aromatic nitrogens is 5. The van der Waals surface area contributed by atoms with Gasteiger partial charge in [-0.25, -0.2) is 18.7 Å². The summed E-state index contributed by atoms with van der Waals surface area (Å²) in [6.45, 7) is 12.3. The number of alkyl halides is 2. The summed E-state index contributed by atoms with van der Waals surface area (Å²) in [4.78, 5) is 10.9. The number of halogens is 3. The van der Waals surface area contributed by atoms with Crippen molar-refractivity contribution in [1.82, 2.24) is 29.6 Å². The molecule has 3 aromatic rings. The molecule has 0 amide bonds. The molecule has 148 valence electrons. The highest BCUT2D eigenvalue weighted by Gasteiger charge is 2.16. The largest absolute Gasteiger partial charge is 0.320 e. The van der Waals surface area contributed by atoms with Gasteiger partial charge < -0.3 is 9.47 Å². The summed E-state index contributed by atoms with van der Waals surface area (Å²) >= 11 is 4.26. The van der Waals surface area contributed by atoms with Gasteiger partial charge in [0.25, 0.3) is 6.43 Å². The van der Waals surface area contributed by atoms with E-state index in [4.69, 9.17) is 0 Å². The van der Waals surface area contributed by atoms with E-state index in [1.807, 2.05) is 17.6 Å². The Kier molecular flexibility index (Phi) is 8.18. The van der Waals surface area contributed by atoms with Crippen molar-refractivity contribution in [2.24, 2.45) is 0 Å². The minimum Gasteiger partial charge on any atom is -0.320 e. The zero-order valence-corrected chi connectivity index (χ0v) is 18.2. The Morgan fingerprint density at radius 1 is 1.19 bits per heavy atom. The van der Waals surface area contributed by atoms with Gasteiger partial charge >= 0.3 is 0 Å². The van der Waals surface area contributed by atoms with Crippen molar-refractivity contribution in [3.05, 3.63) is 32.6 Å². The summed E-state index contributed by atoms with van der Waals surface area (Å²) in [6.07, 6.45) is -0.920. The average molecular weight is 461 g/mol. The van der Waals surface area contributed by atoms with Crippen LogP contribution in [0, 0.1) is 6.92 Å². The molecule has 3 aromatic heterocycles. The van der Waals surface area contributed by atoms with Crippen molar-refractivity contribution in [2.45, 2.75) is 40.7 Å². The van der Waals surface area contributed by atoms with E-state index in [1.165, 1.54) is 19.6 Å². The molecule has 0 aromatic carbocycles. The van der Waals surface area contributed by atoms with E-state index in [0.29, 0.717) is 17.2 Å². The molecule has 0 unspecified atom stereocenters. The van der Waals surface area contributed by atoms with Gasteiger partial charge in [-0.05, 0) is 48.6 Å². The second-order valence-electron chi connectivity index (χ2n) is 5.70. The van der Waals surface area contributed by atoms with Crippen LogP contribution in [0.25, 0.3) is 11.2 Å². The number of hydrogen-bond acceptors (Lipinski definition) is 6. The van der Waals surface area contributed by atoms with E-state index in [-0.39, 0.29) is 5.01 Å². The monoisotopic (exact) mass is 460 g/mol. The number of rotatable bonds is 6. The Balaban J connectivity index is 0.000000321. The fourth-order valence-corrected chi connectivity index (χ4v) is 3.53. The first-order valence-corrected chi connectivity index (χ1v) is 10.3. The van der Waals surface area contributed by atoms with Crippen molar-refractivity contribution in [3.8, 4) is 0 Å². The zero-order chi connectivity index (χ0) is 20.0. The van der Waals surface area contributed by atoms with Crippen LogP contribution in [0.3, 0.4) is 0 Å². The smallest absolute Gasteiger partial charge is 0.291 e. The Labute approximate surface area is 169 Å². The molecule has 0 atom stereocenters. The lowest BCUT2D eigenvalue weighted by Crippen LogP contribution is -2.21. The highest BCUT2D eigenvalue weighted by atomic mass is 79.9. The van der Waals surface area contributed by atoms with Crippen LogP contribution >= 0.6 is 27.3 Å². The van der Waals surface area contributed by atoms with Crippen LogP contribution in [0.15, 0.2) is 16.7 Å². The molecule has 10 heteroatoms. The van der Waals surface area contributed by atoms with Gasteiger partial charge in [-0.3, -0.25) is 0 Å². The van der Waals surface area contributed by atoms with E-state index in [1.54, 1.807) is 6.20 Å². The zero-order valence-electron chi connectivity index (χ0n) is 15.8. The topological polar surface area (TPSA) is 59.7 Å². The summed E-state index contributed by atoms with van der Waals surface area (Å²) in [5.41, 5.74) is 1.44. The average Bonchev–Trinajstić information content (AvgIpc) is 3.23. The third-order valence-electron chi connectivity index (χ3n) is 4.07. The van der Waals surface area contributed by atoms with Crippen molar-refractivity contribution in [3.63, 3.8) is 0 Å². The van der Waals surface area contributed by atoms with Gasteiger partial charge in [0.15, 0.2) is 10.7 Å². The first kappa shape index (κ1) is 21.8. The van der Waals surface area contributed by atoms with E-state index < -0.39 is 6.43 Å². The van der Waals surface area contributed by atoms with Crippen LogP contribution in [0.5, 0.6) is 0 Å². The van der Waals surface area contributed by atoms with Crippen molar-refractivity contribution < 1.29 is 8.78 Å². The van der Waals surface area contributed by atoms with Gasteiger partial charge in [-0.15, -0.1) is 10.2 Å². The van der Waals surface area contributed by atoms with Gasteiger partial charge in [0.2, 0.25) is 0 Å². The first-order chi connectivity index (χ1) is 12.9. The number of pyridine rings is 1. The molecule has 0 bridgehead atoms. The van der Waals surface area contributed by atoms with Crippen molar-refractivity contribution in [2.75, 3.05) is 19.6 Å². The lowest BCUT2D eigenvalue weighted by molar-refractivity contribution is 0.150.